The van der Waals surface area contributed by atoms with E-state index in [2.05, 4.69) is 29.7 Å². The second kappa shape index (κ2) is 30.3. The van der Waals surface area contributed by atoms with Crippen molar-refractivity contribution in [1.82, 2.24) is 19.8 Å². The van der Waals surface area contributed by atoms with E-state index in [0.717, 1.165) is 50.1 Å². The first-order valence-corrected chi connectivity index (χ1v) is 23.4. The molecule has 2 heterocycles. The number of nitrogens with zero attached hydrogens (tertiary/aromatic N) is 2. The van der Waals surface area contributed by atoms with Crippen LogP contribution in [0.15, 0.2) is 143 Å². The second-order valence-corrected chi connectivity index (χ2v) is 18.5. The van der Waals surface area contributed by atoms with Crippen LogP contribution < -0.4 is 40.6 Å². The number of pyridine rings is 2. The minimum absolute atomic E-state index is 0. The molecule has 0 saturated carbocycles. The van der Waals surface area contributed by atoms with Crippen molar-refractivity contribution in [3.8, 4) is 22.3 Å². The molecule has 2 amide bonds. The molecule has 4 unspecified atom stereocenters. The van der Waals surface area contributed by atoms with Crippen LogP contribution in [0.1, 0.15) is 118 Å². The van der Waals surface area contributed by atoms with Gasteiger partial charge in [0.2, 0.25) is 11.8 Å². The van der Waals surface area contributed by atoms with Gasteiger partial charge in [0, 0.05) is 24.5 Å². The van der Waals surface area contributed by atoms with Gasteiger partial charge in [0.25, 0.3) is 11.1 Å². The topological polar surface area (TPSA) is 227 Å². The van der Waals surface area contributed by atoms with Gasteiger partial charge in [0.15, 0.2) is 0 Å². The Labute approximate surface area is 442 Å². The molecule has 0 aliphatic carbocycles. The number of aryl methyl sites for hydroxylation is 4. The summed E-state index contributed by atoms with van der Waals surface area (Å²) in [7, 11) is 1.33. The predicted octanol–water partition coefficient (Wildman–Crippen LogP) is 6.83. The minimum atomic E-state index is -1.01. The van der Waals surface area contributed by atoms with Gasteiger partial charge in [-0.15, -0.1) is 0 Å². The van der Waals surface area contributed by atoms with E-state index in [1.54, 1.807) is 36.7 Å². The number of hydrogen-bond acceptors (Lipinski definition) is 8. The van der Waals surface area contributed by atoms with Crippen molar-refractivity contribution in [2.45, 2.75) is 113 Å². The van der Waals surface area contributed by atoms with Crippen LogP contribution in [0, 0.1) is 39.5 Å². The molecule has 73 heavy (non-hydrogen) atoms. The van der Waals surface area contributed by atoms with Gasteiger partial charge in [-0.1, -0.05) is 120 Å². The number of carbonyl (C=O) groups excluding carboxylic acids is 3. The standard InChI is InChI=1S/C29H34N2O4.C28H32N2O4.CH4.Li.2H2O/c1-19(2)16-26(31-15-9-8-12-27(31)32)29(34)30-25(18-28(33)35-5)22-14-13-21(4)24(17-22)23-11-7-6-10-20(23)3;1-18(2)15-25(30-14-8-7-11-26(30)31)28(34)29-24(17-27(32)33)21-13-12-20(4)23(16-21)22-10-6-5-9-19(22)3;;;;/h6-15,17,19,25-26H,16,18H2,1-5H3,(H,30,34);5-14,16,18,24-25H,15,17H2,1-4H3,(H,29,34)(H,32,33);1H4;;2*1H2/q;;;+1;;/p-1. The van der Waals surface area contributed by atoms with Gasteiger partial charge in [0.05, 0.1) is 32.0 Å². The zero-order valence-corrected chi connectivity index (χ0v) is 43.1. The predicted molar refractivity (Wildman–Crippen MR) is 284 cm³/mol. The molecule has 6 N–H and O–H groups in total. The van der Waals surface area contributed by atoms with Crippen LogP contribution in [0.5, 0.6) is 0 Å². The first-order chi connectivity index (χ1) is 32.9. The van der Waals surface area contributed by atoms with Crippen LogP contribution in [-0.4, -0.2) is 56.1 Å². The van der Waals surface area contributed by atoms with Gasteiger partial charge < -0.3 is 40.6 Å². The van der Waals surface area contributed by atoms with Crippen LogP contribution in [0.25, 0.3) is 22.3 Å². The Kier molecular flexibility index (Phi) is 26.6. The fraction of sp³-hybridized carbons (Fsp3) is 0.345. The van der Waals surface area contributed by atoms with Gasteiger partial charge in [0.1, 0.15) is 12.1 Å². The molecule has 0 aliphatic heterocycles. The largest absolute Gasteiger partial charge is 1.00 e. The van der Waals surface area contributed by atoms with E-state index in [-0.39, 0.29) is 84.8 Å². The monoisotopic (exact) mass is 993 g/mol. The summed E-state index contributed by atoms with van der Waals surface area (Å²) >= 11 is 0. The van der Waals surface area contributed by atoms with Crippen molar-refractivity contribution >= 4 is 23.8 Å². The SMILES string of the molecule is C.COC(=O)CC(NC(=O)C(CC(C)C)n1ccccc1=O)c1ccc(C)c(-c2ccccc2C)c1.Cc1ccccc1-c1cc(C(CC(=O)O)NC(=O)C(CC(C)C)n2ccccc2=O)ccc1C.O.[Li+].[OH-]. The number of ether oxygens (including phenoxy) is 1. The third-order valence-corrected chi connectivity index (χ3v) is 12.2. The number of carboxylic acid groups (broad SMARTS) is 1. The van der Waals surface area contributed by atoms with E-state index in [4.69, 9.17) is 4.74 Å². The summed E-state index contributed by atoms with van der Waals surface area (Å²) in [5.41, 5.74) is 9.63. The summed E-state index contributed by atoms with van der Waals surface area (Å²) in [6.07, 6.45) is 3.90. The van der Waals surface area contributed by atoms with E-state index in [1.165, 1.54) is 28.4 Å². The maximum Gasteiger partial charge on any atom is 1.00 e. The minimum Gasteiger partial charge on any atom is -0.870 e. The van der Waals surface area contributed by atoms with Crippen molar-refractivity contribution in [2.75, 3.05) is 7.11 Å². The molecular weight excluding hydrogens is 920 g/mol. The second-order valence-electron chi connectivity index (χ2n) is 18.5. The van der Waals surface area contributed by atoms with Crippen molar-refractivity contribution in [3.05, 3.63) is 188 Å². The molecule has 0 radical (unpaired) electrons. The number of amides is 2. The van der Waals surface area contributed by atoms with Crippen molar-refractivity contribution in [1.29, 1.82) is 0 Å². The smallest absolute Gasteiger partial charge is 0.870 e. The number of carbonyl (C=O) groups is 4. The summed E-state index contributed by atoms with van der Waals surface area (Å²) in [6, 6.07) is 34.7. The first kappa shape index (κ1) is 64.2. The average Bonchev–Trinajstić information content (AvgIpc) is 3.31. The Morgan fingerprint density at radius 3 is 1.25 bits per heavy atom. The first-order valence-electron chi connectivity index (χ1n) is 23.4. The quantitative estimate of drug-likeness (QED) is 0.0605. The summed E-state index contributed by atoms with van der Waals surface area (Å²) in [5.74, 6) is -1.77. The van der Waals surface area contributed by atoms with Crippen molar-refractivity contribution < 1.29 is 58.8 Å². The van der Waals surface area contributed by atoms with Gasteiger partial charge >= 0.3 is 30.8 Å². The Morgan fingerprint density at radius 1 is 0.548 bits per heavy atom. The summed E-state index contributed by atoms with van der Waals surface area (Å²) in [4.78, 5) is 75.9. The zero-order chi connectivity index (χ0) is 50.4. The summed E-state index contributed by atoms with van der Waals surface area (Å²) in [6.45, 7) is 16.1. The number of benzene rings is 4. The summed E-state index contributed by atoms with van der Waals surface area (Å²) in [5, 5.41) is 15.6. The third-order valence-electron chi connectivity index (χ3n) is 12.2. The van der Waals surface area contributed by atoms with Crippen molar-refractivity contribution in [2.24, 2.45) is 11.8 Å². The molecule has 6 aromatic rings. The van der Waals surface area contributed by atoms with Crippen molar-refractivity contribution in [3.63, 3.8) is 0 Å². The maximum atomic E-state index is 13.5. The van der Waals surface area contributed by atoms with Gasteiger partial charge in [-0.05, 0) is 132 Å². The number of esters is 1. The van der Waals surface area contributed by atoms with Gasteiger partial charge in [-0.2, -0.15) is 0 Å². The number of nitrogens with one attached hydrogen (secondary N) is 2. The Hall–Kier alpha value is -6.82. The maximum absolute atomic E-state index is 13.5. The Morgan fingerprint density at radius 2 is 0.904 bits per heavy atom. The van der Waals surface area contributed by atoms with Gasteiger partial charge in [-0.25, -0.2) is 0 Å². The number of hydrogen-bond donors (Lipinski definition) is 3. The molecule has 0 saturated heterocycles. The molecule has 0 aliphatic rings. The molecule has 0 fully saturated rings. The van der Waals surface area contributed by atoms with Crippen LogP contribution in [0.2, 0.25) is 0 Å². The molecule has 386 valence electrons. The average molecular weight is 993 g/mol. The Balaban J connectivity index is 0.000000692. The number of aliphatic carboxylic acids is 1. The van der Waals surface area contributed by atoms with E-state index in [1.807, 2.05) is 121 Å². The molecule has 15 heteroatoms. The molecule has 0 spiro atoms. The van der Waals surface area contributed by atoms with Crippen LogP contribution in [0.4, 0.5) is 0 Å². The molecule has 14 nitrogen and oxygen atoms in total. The molecule has 4 atom stereocenters. The number of carboxylic acids is 1. The third kappa shape index (κ3) is 17.7. The van der Waals surface area contributed by atoms with E-state index < -0.39 is 36.1 Å². The number of methoxy groups -OCH3 is 1. The normalized spacial score (nSPS) is 12.1. The van der Waals surface area contributed by atoms with E-state index in [9.17, 15) is 33.9 Å². The zero-order valence-electron chi connectivity index (χ0n) is 43.1. The number of rotatable bonds is 18. The molecule has 2 aromatic heterocycles. The molecular formula is C58H73LiN4O10. The fourth-order valence-electron chi connectivity index (χ4n) is 8.49. The Bertz CT molecular complexity index is 2870. The summed E-state index contributed by atoms with van der Waals surface area (Å²) < 4.78 is 7.80. The fourth-order valence-corrected chi connectivity index (χ4v) is 8.49. The number of aromatic nitrogens is 2. The van der Waals surface area contributed by atoms with E-state index >= 15 is 0 Å². The van der Waals surface area contributed by atoms with Gasteiger partial charge in [-0.3, -0.25) is 28.8 Å². The van der Waals surface area contributed by atoms with E-state index in [0.29, 0.717) is 18.4 Å². The molecule has 4 aromatic carbocycles. The molecule has 0 bridgehead atoms. The van der Waals surface area contributed by atoms with Crippen LogP contribution in [-0.2, 0) is 23.9 Å². The molecule has 6 rings (SSSR count). The van der Waals surface area contributed by atoms with Crippen LogP contribution in [0.3, 0.4) is 0 Å². The van der Waals surface area contributed by atoms with Crippen LogP contribution >= 0.6 is 0 Å².